The van der Waals surface area contributed by atoms with Crippen LogP contribution in [0.2, 0.25) is 0 Å². The van der Waals surface area contributed by atoms with Crippen molar-refractivity contribution in [2.45, 2.75) is 25.9 Å². The number of fused-ring (bicyclic) bond motifs is 2. The highest BCUT2D eigenvalue weighted by atomic mass is 16.5. The summed E-state index contributed by atoms with van der Waals surface area (Å²) in [5.41, 5.74) is 2.51. The quantitative estimate of drug-likeness (QED) is 0.861. The zero-order valence-corrected chi connectivity index (χ0v) is 12.1. The molecule has 3 atom stereocenters. The molecule has 2 aliphatic rings. The van der Waals surface area contributed by atoms with E-state index in [0.717, 1.165) is 18.6 Å². The molecule has 1 aliphatic heterocycles. The molecule has 0 spiro atoms. The lowest BCUT2D eigenvalue weighted by atomic mass is 9.67. The van der Waals surface area contributed by atoms with Crippen molar-refractivity contribution < 1.29 is 14.6 Å². The fourth-order valence-corrected chi connectivity index (χ4v) is 3.38. The lowest BCUT2D eigenvalue weighted by molar-refractivity contribution is -0.113. The summed E-state index contributed by atoms with van der Waals surface area (Å²) < 4.78 is 11.3. The second-order valence-corrected chi connectivity index (χ2v) is 6.13. The molecule has 1 fully saturated rings. The van der Waals surface area contributed by atoms with Gasteiger partial charge in [0.25, 0.3) is 0 Å². The smallest absolute Gasteiger partial charge is 0.118 e. The van der Waals surface area contributed by atoms with E-state index < -0.39 is 0 Å². The molecular formula is C17H22O3. The number of benzene rings is 1. The van der Waals surface area contributed by atoms with Gasteiger partial charge in [0, 0.05) is 11.3 Å². The number of aliphatic hydroxyl groups is 1. The number of hydrogen-bond donors (Lipinski definition) is 1. The lowest BCUT2D eigenvalue weighted by Crippen LogP contribution is -2.43. The van der Waals surface area contributed by atoms with Crippen molar-refractivity contribution in [3.63, 3.8) is 0 Å². The molecule has 108 valence electrons. The third-order valence-electron chi connectivity index (χ3n) is 4.81. The molecule has 1 saturated heterocycles. The van der Waals surface area contributed by atoms with Gasteiger partial charge in [0.15, 0.2) is 0 Å². The van der Waals surface area contributed by atoms with Crippen LogP contribution in [0.4, 0.5) is 0 Å². The summed E-state index contributed by atoms with van der Waals surface area (Å²) in [6.07, 6.45) is 4.32. The maximum atomic E-state index is 9.68. The Labute approximate surface area is 120 Å². The van der Waals surface area contributed by atoms with E-state index in [1.807, 2.05) is 12.1 Å². The van der Waals surface area contributed by atoms with Crippen LogP contribution in [0, 0.1) is 11.3 Å². The van der Waals surface area contributed by atoms with E-state index in [4.69, 9.17) is 9.47 Å². The molecule has 3 nitrogen and oxygen atoms in total. The van der Waals surface area contributed by atoms with Gasteiger partial charge in [-0.15, -0.1) is 0 Å². The SMILES string of the molecule is COc1ccc([C@H]2OC[C@@]3(CO)CC=C(C)[C@H]2C3)cc1. The van der Waals surface area contributed by atoms with Gasteiger partial charge < -0.3 is 14.6 Å². The van der Waals surface area contributed by atoms with E-state index in [0.29, 0.717) is 12.5 Å². The molecule has 3 rings (SSSR count). The average molecular weight is 274 g/mol. The van der Waals surface area contributed by atoms with Gasteiger partial charge in [-0.3, -0.25) is 0 Å². The van der Waals surface area contributed by atoms with Crippen LogP contribution in [-0.2, 0) is 4.74 Å². The molecule has 3 heteroatoms. The Hall–Kier alpha value is -1.32. The Balaban J connectivity index is 1.87. The zero-order chi connectivity index (χ0) is 14.2. The summed E-state index contributed by atoms with van der Waals surface area (Å²) in [6.45, 7) is 3.03. The fourth-order valence-electron chi connectivity index (χ4n) is 3.38. The van der Waals surface area contributed by atoms with E-state index in [-0.39, 0.29) is 18.1 Å². The second-order valence-electron chi connectivity index (χ2n) is 6.13. The second kappa shape index (κ2) is 5.23. The molecule has 1 aromatic carbocycles. The third-order valence-corrected chi connectivity index (χ3v) is 4.81. The van der Waals surface area contributed by atoms with Gasteiger partial charge >= 0.3 is 0 Å². The van der Waals surface area contributed by atoms with Crippen molar-refractivity contribution in [3.8, 4) is 5.75 Å². The molecular weight excluding hydrogens is 252 g/mol. The summed E-state index contributed by atoms with van der Waals surface area (Å²) >= 11 is 0. The van der Waals surface area contributed by atoms with Gasteiger partial charge in [0.1, 0.15) is 5.75 Å². The van der Waals surface area contributed by atoms with Gasteiger partial charge in [-0.1, -0.05) is 23.8 Å². The first kappa shape index (κ1) is 13.7. The summed E-state index contributed by atoms with van der Waals surface area (Å²) in [4.78, 5) is 0. The third kappa shape index (κ3) is 2.25. The number of methoxy groups -OCH3 is 1. The average Bonchev–Trinajstić information content (AvgIpc) is 2.52. The van der Waals surface area contributed by atoms with Crippen molar-refractivity contribution >= 4 is 0 Å². The highest BCUT2D eigenvalue weighted by molar-refractivity contribution is 5.31. The molecule has 0 amide bonds. The van der Waals surface area contributed by atoms with Gasteiger partial charge in [-0.2, -0.15) is 0 Å². The van der Waals surface area contributed by atoms with Crippen LogP contribution >= 0.6 is 0 Å². The molecule has 1 heterocycles. The minimum atomic E-state index is -0.0624. The number of allylic oxidation sites excluding steroid dienone is 1. The molecule has 1 aromatic rings. The van der Waals surface area contributed by atoms with E-state index in [9.17, 15) is 5.11 Å². The summed E-state index contributed by atoms with van der Waals surface area (Å²) in [7, 11) is 1.68. The molecule has 0 saturated carbocycles. The van der Waals surface area contributed by atoms with Gasteiger partial charge in [0.2, 0.25) is 0 Å². The molecule has 2 bridgehead atoms. The maximum absolute atomic E-state index is 9.68. The van der Waals surface area contributed by atoms with Crippen LogP contribution in [0.25, 0.3) is 0 Å². The van der Waals surface area contributed by atoms with E-state index >= 15 is 0 Å². The van der Waals surface area contributed by atoms with Crippen molar-refractivity contribution in [1.29, 1.82) is 0 Å². The van der Waals surface area contributed by atoms with Crippen LogP contribution in [0.3, 0.4) is 0 Å². The van der Waals surface area contributed by atoms with E-state index in [2.05, 4.69) is 25.1 Å². The van der Waals surface area contributed by atoms with Crippen LogP contribution < -0.4 is 4.74 Å². The molecule has 0 aromatic heterocycles. The van der Waals surface area contributed by atoms with Crippen LogP contribution in [0.5, 0.6) is 5.75 Å². The van der Waals surface area contributed by atoms with Crippen molar-refractivity contribution in [2.75, 3.05) is 20.3 Å². The van der Waals surface area contributed by atoms with Gasteiger partial charge in [-0.25, -0.2) is 0 Å². The van der Waals surface area contributed by atoms with Crippen molar-refractivity contribution in [1.82, 2.24) is 0 Å². The summed E-state index contributed by atoms with van der Waals surface area (Å²) in [5, 5.41) is 9.68. The van der Waals surface area contributed by atoms with Crippen LogP contribution in [0.15, 0.2) is 35.9 Å². The largest absolute Gasteiger partial charge is 0.497 e. The summed E-state index contributed by atoms with van der Waals surface area (Å²) in [6, 6.07) is 8.12. The van der Waals surface area contributed by atoms with Crippen molar-refractivity contribution in [2.24, 2.45) is 11.3 Å². The minimum absolute atomic E-state index is 0.0624. The van der Waals surface area contributed by atoms with Crippen molar-refractivity contribution in [3.05, 3.63) is 41.5 Å². The Kier molecular flexibility index (Phi) is 3.57. The monoisotopic (exact) mass is 274 g/mol. The number of ether oxygens (including phenoxy) is 2. The Morgan fingerprint density at radius 1 is 1.35 bits per heavy atom. The molecule has 0 radical (unpaired) electrons. The number of hydrogen-bond acceptors (Lipinski definition) is 3. The molecule has 0 unspecified atom stereocenters. The number of rotatable bonds is 3. The van der Waals surface area contributed by atoms with Gasteiger partial charge in [-0.05, 0) is 37.5 Å². The van der Waals surface area contributed by atoms with Crippen LogP contribution in [0.1, 0.15) is 31.4 Å². The highest BCUT2D eigenvalue weighted by Crippen LogP contribution is 2.50. The molecule has 20 heavy (non-hydrogen) atoms. The first-order valence-electron chi connectivity index (χ1n) is 7.20. The zero-order valence-electron chi connectivity index (χ0n) is 12.1. The topological polar surface area (TPSA) is 38.7 Å². The predicted octanol–water partition coefficient (Wildman–Crippen LogP) is 3.10. The van der Waals surface area contributed by atoms with Crippen LogP contribution in [-0.4, -0.2) is 25.4 Å². The number of aliphatic hydroxyl groups excluding tert-OH is 1. The molecule has 1 N–H and O–H groups in total. The van der Waals surface area contributed by atoms with Gasteiger partial charge in [0.05, 0.1) is 26.4 Å². The summed E-state index contributed by atoms with van der Waals surface area (Å²) in [5.74, 6) is 1.24. The van der Waals surface area contributed by atoms with E-state index in [1.165, 1.54) is 11.1 Å². The Morgan fingerprint density at radius 2 is 2.10 bits per heavy atom. The lowest BCUT2D eigenvalue weighted by Gasteiger charge is -2.47. The Bertz CT molecular complexity index is 505. The highest BCUT2D eigenvalue weighted by Gasteiger charge is 2.44. The normalized spacial score (nSPS) is 32.6. The first-order valence-corrected chi connectivity index (χ1v) is 7.20. The standard InChI is InChI=1S/C17H22O3/c1-12-7-8-17(10-18)9-15(12)16(20-11-17)13-3-5-14(19-2)6-4-13/h3-7,15-16,18H,8-11H2,1-2H3/t15-,16-,17+/m1/s1. The first-order chi connectivity index (χ1) is 9.67. The Morgan fingerprint density at radius 3 is 2.75 bits per heavy atom. The maximum Gasteiger partial charge on any atom is 0.118 e. The molecule has 1 aliphatic carbocycles. The fraction of sp³-hybridized carbons (Fsp3) is 0.529. The predicted molar refractivity (Wildman–Crippen MR) is 77.7 cm³/mol. The van der Waals surface area contributed by atoms with E-state index in [1.54, 1.807) is 7.11 Å². The minimum Gasteiger partial charge on any atom is -0.497 e.